The van der Waals surface area contributed by atoms with E-state index in [2.05, 4.69) is 22.8 Å². The predicted molar refractivity (Wildman–Crippen MR) is 101 cm³/mol. The molecule has 1 aromatic carbocycles. The molecular formula is C20H18N2O3S. The van der Waals surface area contributed by atoms with E-state index in [1.165, 1.54) is 23.2 Å². The summed E-state index contributed by atoms with van der Waals surface area (Å²) in [6, 6.07) is 17.0. The molecule has 3 aromatic rings. The van der Waals surface area contributed by atoms with Crippen molar-refractivity contribution in [1.29, 1.82) is 0 Å². The summed E-state index contributed by atoms with van der Waals surface area (Å²) >= 11 is 1.25. The number of amides is 2. The summed E-state index contributed by atoms with van der Waals surface area (Å²) in [6.07, 6.45) is 3.63. The highest BCUT2D eigenvalue weighted by molar-refractivity contribution is 7.18. The Morgan fingerprint density at radius 2 is 1.81 bits per heavy atom. The molecule has 0 saturated heterocycles. The largest absolute Gasteiger partial charge is 0.459 e. The van der Waals surface area contributed by atoms with E-state index in [1.807, 2.05) is 18.2 Å². The van der Waals surface area contributed by atoms with Crippen LogP contribution in [0.3, 0.4) is 0 Å². The minimum absolute atomic E-state index is 0.0739. The number of carbonyl (C=O) groups is 2. The van der Waals surface area contributed by atoms with Crippen LogP contribution in [0.5, 0.6) is 0 Å². The Labute approximate surface area is 155 Å². The smallest absolute Gasteiger partial charge is 0.291 e. The number of rotatable bonds is 6. The highest BCUT2D eigenvalue weighted by Gasteiger charge is 2.44. The van der Waals surface area contributed by atoms with Crippen LogP contribution in [-0.4, -0.2) is 18.4 Å². The molecule has 0 atom stereocenters. The lowest BCUT2D eigenvalue weighted by molar-refractivity contribution is 0.0952. The van der Waals surface area contributed by atoms with Gasteiger partial charge in [-0.05, 0) is 42.7 Å². The Morgan fingerprint density at radius 3 is 2.50 bits per heavy atom. The average molecular weight is 366 g/mol. The van der Waals surface area contributed by atoms with Crippen molar-refractivity contribution in [3.8, 4) is 0 Å². The van der Waals surface area contributed by atoms with Crippen molar-refractivity contribution in [3.05, 3.63) is 77.1 Å². The molecular weight excluding hydrogens is 348 g/mol. The molecule has 2 heterocycles. The molecule has 0 aliphatic heterocycles. The molecule has 1 aliphatic carbocycles. The quantitative estimate of drug-likeness (QED) is 0.691. The van der Waals surface area contributed by atoms with Crippen molar-refractivity contribution < 1.29 is 14.0 Å². The van der Waals surface area contributed by atoms with Crippen LogP contribution in [0.15, 0.2) is 65.3 Å². The Bertz CT molecular complexity index is 912. The van der Waals surface area contributed by atoms with Gasteiger partial charge in [0.15, 0.2) is 5.76 Å². The molecule has 0 bridgehead atoms. The van der Waals surface area contributed by atoms with Crippen molar-refractivity contribution in [3.63, 3.8) is 0 Å². The lowest BCUT2D eigenvalue weighted by Gasteiger charge is -2.16. The van der Waals surface area contributed by atoms with Crippen molar-refractivity contribution in [2.75, 3.05) is 11.9 Å². The van der Waals surface area contributed by atoms with Crippen LogP contribution in [0, 0.1) is 0 Å². The number of carbonyl (C=O) groups excluding carboxylic acids is 2. The minimum atomic E-state index is -0.329. The standard InChI is InChI=1S/C20H18N2O3S/c23-18(15-7-4-12-25-15)22-17-9-8-16(26-17)19(24)21-13-20(10-11-20)14-5-2-1-3-6-14/h1-9,12H,10-11,13H2,(H,21,24)(H,22,23). The Morgan fingerprint density at radius 1 is 1.00 bits per heavy atom. The lowest BCUT2D eigenvalue weighted by atomic mass is 9.96. The SMILES string of the molecule is O=C(Nc1ccc(C(=O)NCC2(c3ccccc3)CC2)s1)c1ccco1. The van der Waals surface area contributed by atoms with Gasteiger partial charge in [-0.2, -0.15) is 0 Å². The summed E-state index contributed by atoms with van der Waals surface area (Å²) in [5, 5.41) is 6.38. The third kappa shape index (κ3) is 3.41. The number of anilines is 1. The van der Waals surface area contributed by atoms with E-state index >= 15 is 0 Å². The highest BCUT2D eigenvalue weighted by Crippen LogP contribution is 2.47. The van der Waals surface area contributed by atoms with Gasteiger partial charge in [0.1, 0.15) is 0 Å². The molecule has 0 radical (unpaired) electrons. The van der Waals surface area contributed by atoms with E-state index < -0.39 is 0 Å². The molecule has 5 nitrogen and oxygen atoms in total. The van der Waals surface area contributed by atoms with Crippen LogP contribution < -0.4 is 10.6 Å². The number of benzene rings is 1. The normalized spacial score (nSPS) is 14.6. The maximum absolute atomic E-state index is 12.4. The molecule has 132 valence electrons. The molecule has 1 fully saturated rings. The fourth-order valence-corrected chi connectivity index (χ4v) is 3.77. The van der Waals surface area contributed by atoms with Gasteiger partial charge in [-0.1, -0.05) is 30.3 Å². The van der Waals surface area contributed by atoms with Crippen LogP contribution in [0.2, 0.25) is 0 Å². The molecule has 1 saturated carbocycles. The maximum Gasteiger partial charge on any atom is 0.291 e. The molecule has 26 heavy (non-hydrogen) atoms. The predicted octanol–water partition coefficient (Wildman–Crippen LogP) is 4.06. The van der Waals surface area contributed by atoms with Gasteiger partial charge in [0.2, 0.25) is 0 Å². The fourth-order valence-electron chi connectivity index (χ4n) is 2.96. The topological polar surface area (TPSA) is 71.3 Å². The number of hydrogen-bond acceptors (Lipinski definition) is 4. The van der Waals surface area contributed by atoms with E-state index in [1.54, 1.807) is 24.3 Å². The average Bonchev–Trinajstić information content (AvgIpc) is 3.07. The van der Waals surface area contributed by atoms with Gasteiger partial charge >= 0.3 is 0 Å². The van der Waals surface area contributed by atoms with Gasteiger partial charge in [0, 0.05) is 12.0 Å². The Kier molecular flexibility index (Phi) is 4.34. The molecule has 0 unspecified atom stereocenters. The summed E-state index contributed by atoms with van der Waals surface area (Å²) in [4.78, 5) is 25.0. The van der Waals surface area contributed by atoms with E-state index in [9.17, 15) is 9.59 Å². The van der Waals surface area contributed by atoms with Gasteiger partial charge < -0.3 is 15.1 Å². The van der Waals surface area contributed by atoms with Gasteiger partial charge in [-0.3, -0.25) is 9.59 Å². The van der Waals surface area contributed by atoms with Crippen molar-refractivity contribution >= 4 is 28.2 Å². The second-order valence-electron chi connectivity index (χ2n) is 6.42. The van der Waals surface area contributed by atoms with Crippen molar-refractivity contribution in [2.24, 2.45) is 0 Å². The number of nitrogens with one attached hydrogen (secondary N) is 2. The van der Waals surface area contributed by atoms with Gasteiger partial charge in [-0.25, -0.2) is 0 Å². The lowest BCUT2D eigenvalue weighted by Crippen LogP contribution is -2.31. The van der Waals surface area contributed by atoms with Gasteiger partial charge in [0.05, 0.1) is 16.1 Å². The summed E-state index contributed by atoms with van der Waals surface area (Å²) in [5.74, 6) is -0.205. The molecule has 1 aliphatic rings. The molecule has 2 amide bonds. The van der Waals surface area contributed by atoms with Crippen LogP contribution in [0.25, 0.3) is 0 Å². The number of thiophene rings is 1. The zero-order valence-electron chi connectivity index (χ0n) is 14.0. The first kappa shape index (κ1) is 16.6. The third-order valence-electron chi connectivity index (χ3n) is 4.64. The fraction of sp³-hybridized carbons (Fsp3) is 0.200. The van der Waals surface area contributed by atoms with Crippen molar-refractivity contribution in [1.82, 2.24) is 5.32 Å². The van der Waals surface area contributed by atoms with Gasteiger partial charge in [0.25, 0.3) is 11.8 Å². The van der Waals surface area contributed by atoms with Crippen LogP contribution in [0.1, 0.15) is 38.6 Å². The summed E-state index contributed by atoms with van der Waals surface area (Å²) < 4.78 is 5.06. The van der Waals surface area contributed by atoms with E-state index in [4.69, 9.17) is 4.42 Å². The van der Waals surface area contributed by atoms with Crippen molar-refractivity contribution in [2.45, 2.75) is 18.3 Å². The minimum Gasteiger partial charge on any atom is -0.459 e. The molecule has 2 aromatic heterocycles. The number of hydrogen-bond donors (Lipinski definition) is 2. The van der Waals surface area contributed by atoms with E-state index in [0.29, 0.717) is 16.4 Å². The van der Waals surface area contributed by atoms with Gasteiger partial charge in [-0.15, -0.1) is 11.3 Å². The Hall–Kier alpha value is -2.86. The maximum atomic E-state index is 12.4. The summed E-state index contributed by atoms with van der Waals surface area (Å²) in [6.45, 7) is 0.627. The molecule has 6 heteroatoms. The highest BCUT2D eigenvalue weighted by atomic mass is 32.1. The first-order valence-corrected chi connectivity index (χ1v) is 9.26. The molecule has 0 spiro atoms. The van der Waals surface area contributed by atoms with Crippen LogP contribution in [0.4, 0.5) is 5.00 Å². The zero-order chi connectivity index (χ0) is 18.0. The molecule has 4 rings (SSSR count). The summed E-state index contributed by atoms with van der Waals surface area (Å²) in [5.41, 5.74) is 1.35. The van der Waals surface area contributed by atoms with Crippen LogP contribution >= 0.6 is 11.3 Å². The second kappa shape index (κ2) is 6.80. The monoisotopic (exact) mass is 366 g/mol. The molecule has 2 N–H and O–H groups in total. The van der Waals surface area contributed by atoms with Crippen LogP contribution in [-0.2, 0) is 5.41 Å². The third-order valence-corrected chi connectivity index (χ3v) is 5.64. The number of furan rings is 1. The van der Waals surface area contributed by atoms with E-state index in [-0.39, 0.29) is 23.0 Å². The zero-order valence-corrected chi connectivity index (χ0v) is 14.8. The van der Waals surface area contributed by atoms with E-state index in [0.717, 1.165) is 12.8 Å². The first-order chi connectivity index (χ1) is 12.7. The summed E-state index contributed by atoms with van der Waals surface area (Å²) in [7, 11) is 0. The Balaban J connectivity index is 1.36. The second-order valence-corrected chi connectivity index (χ2v) is 7.51. The first-order valence-electron chi connectivity index (χ1n) is 8.45.